The highest BCUT2D eigenvalue weighted by Crippen LogP contribution is 2.07. The third kappa shape index (κ3) is 8.00. The summed E-state index contributed by atoms with van der Waals surface area (Å²) in [6.45, 7) is 15.1. The molecule has 0 saturated heterocycles. The molecule has 0 fully saturated rings. The molecule has 0 rings (SSSR count). The summed E-state index contributed by atoms with van der Waals surface area (Å²) in [7, 11) is -2.76. The van der Waals surface area contributed by atoms with Crippen LogP contribution in [-0.4, -0.2) is 22.5 Å². The summed E-state index contributed by atoms with van der Waals surface area (Å²) in [6.07, 6.45) is 0. The van der Waals surface area contributed by atoms with E-state index in [9.17, 15) is 0 Å². The van der Waals surface area contributed by atoms with Crippen LogP contribution in [0, 0.1) is 0 Å². The Balaban J connectivity index is 4.23. The van der Waals surface area contributed by atoms with Crippen LogP contribution < -0.4 is 0 Å². The Morgan fingerprint density at radius 3 is 1.67 bits per heavy atom. The zero-order chi connectivity index (χ0) is 9.99. The molecule has 0 saturated carbocycles. The number of hydrogen-bond acceptors (Lipinski definition) is 2. The second-order valence-corrected chi connectivity index (χ2v) is 14.0. The molecular weight excluding hydrogens is 182 g/mol. The number of rotatable bonds is 2. The first kappa shape index (κ1) is 11.9. The van der Waals surface area contributed by atoms with Crippen molar-refractivity contribution in [3.8, 4) is 0 Å². The summed E-state index contributed by atoms with van der Waals surface area (Å²) in [5.74, 6) is 0.883. The van der Waals surface area contributed by atoms with Gasteiger partial charge in [-0.15, -0.1) is 0 Å². The van der Waals surface area contributed by atoms with E-state index in [0.29, 0.717) is 0 Å². The minimum Gasteiger partial charge on any atom is -0.535 e. The van der Waals surface area contributed by atoms with E-state index in [-0.39, 0.29) is 0 Å². The van der Waals surface area contributed by atoms with Crippen LogP contribution in [0.2, 0.25) is 39.3 Å². The molecule has 0 radical (unpaired) electrons. The van der Waals surface area contributed by atoms with Gasteiger partial charge in [0.25, 0.3) is 0 Å². The van der Waals surface area contributed by atoms with E-state index in [1.807, 2.05) is 6.92 Å². The van der Waals surface area contributed by atoms with Crippen LogP contribution in [0.5, 0.6) is 0 Å². The smallest absolute Gasteiger partial charge is 0.243 e. The Bertz CT molecular complexity index is 176. The van der Waals surface area contributed by atoms with Crippen molar-refractivity contribution in [1.29, 1.82) is 0 Å². The summed E-state index contributed by atoms with van der Waals surface area (Å²) in [5, 5.41) is 0. The maximum Gasteiger partial charge on any atom is 0.243 e. The lowest BCUT2D eigenvalue weighted by molar-refractivity contribution is 0.549. The van der Waals surface area contributed by atoms with Gasteiger partial charge >= 0.3 is 0 Å². The van der Waals surface area contributed by atoms with Crippen molar-refractivity contribution >= 4 is 22.5 Å². The number of hydrogen-bond donors (Lipinski definition) is 0. The quantitative estimate of drug-likeness (QED) is 0.384. The van der Waals surface area contributed by atoms with Crippen LogP contribution in [-0.2, 0) is 4.43 Å². The molecule has 0 spiro atoms. The maximum absolute atomic E-state index is 5.74. The van der Waals surface area contributed by atoms with E-state index >= 15 is 0 Å². The maximum atomic E-state index is 5.74. The van der Waals surface area contributed by atoms with Gasteiger partial charge in [0.05, 0.1) is 0 Å². The van der Waals surface area contributed by atoms with Crippen molar-refractivity contribution in [2.24, 2.45) is 4.66 Å². The van der Waals surface area contributed by atoms with Crippen molar-refractivity contribution in [2.75, 3.05) is 0 Å². The van der Waals surface area contributed by atoms with Crippen molar-refractivity contribution in [2.45, 2.75) is 46.2 Å². The van der Waals surface area contributed by atoms with Gasteiger partial charge in [-0.25, -0.2) is 0 Å². The van der Waals surface area contributed by atoms with Crippen LogP contribution in [0.25, 0.3) is 0 Å². The minimum absolute atomic E-state index is 0.883. The van der Waals surface area contributed by atoms with E-state index in [0.717, 1.165) is 5.90 Å². The average Bonchev–Trinajstić information content (AvgIpc) is 1.49. The van der Waals surface area contributed by atoms with E-state index in [4.69, 9.17) is 4.43 Å². The normalized spacial score (nSPS) is 14.8. The van der Waals surface area contributed by atoms with Crippen LogP contribution in [0.4, 0.5) is 0 Å². The van der Waals surface area contributed by atoms with Crippen LogP contribution in [0.15, 0.2) is 4.66 Å². The molecule has 12 heavy (non-hydrogen) atoms. The van der Waals surface area contributed by atoms with Crippen molar-refractivity contribution < 1.29 is 4.43 Å². The first-order valence-electron chi connectivity index (χ1n) is 4.36. The summed E-state index contributed by atoms with van der Waals surface area (Å²) in [6, 6.07) is 0. The van der Waals surface area contributed by atoms with Crippen LogP contribution in [0.3, 0.4) is 0 Å². The van der Waals surface area contributed by atoms with E-state index in [1.165, 1.54) is 0 Å². The van der Waals surface area contributed by atoms with Gasteiger partial charge in [0.1, 0.15) is 0 Å². The molecule has 0 aromatic heterocycles. The van der Waals surface area contributed by atoms with Gasteiger partial charge in [-0.05, 0) is 39.3 Å². The molecule has 0 aromatic rings. The monoisotopic (exact) mass is 203 g/mol. The van der Waals surface area contributed by atoms with Gasteiger partial charge in [-0.2, -0.15) is 0 Å². The fraction of sp³-hybridized carbons (Fsp3) is 0.875. The van der Waals surface area contributed by atoms with Gasteiger partial charge in [0, 0.05) is 6.92 Å². The predicted molar refractivity (Wildman–Crippen MR) is 60.9 cm³/mol. The number of nitrogens with zero attached hydrogens (tertiary/aromatic N) is 1. The summed E-state index contributed by atoms with van der Waals surface area (Å²) >= 11 is 0. The highest BCUT2D eigenvalue weighted by molar-refractivity contribution is 6.76. The fourth-order valence-corrected chi connectivity index (χ4v) is 2.95. The van der Waals surface area contributed by atoms with Crippen molar-refractivity contribution in [1.82, 2.24) is 0 Å². The molecule has 0 N–H and O–H groups in total. The van der Waals surface area contributed by atoms with Gasteiger partial charge in [0.15, 0.2) is 14.1 Å². The van der Waals surface area contributed by atoms with E-state index < -0.39 is 16.6 Å². The molecule has 4 heteroatoms. The zero-order valence-corrected chi connectivity index (χ0v) is 11.4. The SMILES string of the molecule is C/C(=N/[Si](C)(C)C)O[Si](C)(C)C. The molecule has 0 aliphatic rings. The molecule has 0 aromatic carbocycles. The second-order valence-electron chi connectivity index (χ2n) is 5.02. The van der Waals surface area contributed by atoms with Crippen LogP contribution in [0.1, 0.15) is 6.92 Å². The highest BCUT2D eigenvalue weighted by atomic mass is 28.4. The van der Waals surface area contributed by atoms with E-state index in [2.05, 4.69) is 43.9 Å². The highest BCUT2D eigenvalue weighted by Gasteiger charge is 2.18. The molecule has 0 aliphatic heterocycles. The van der Waals surface area contributed by atoms with Gasteiger partial charge in [0.2, 0.25) is 8.32 Å². The van der Waals surface area contributed by atoms with Gasteiger partial charge in [-0.3, -0.25) is 4.66 Å². The molecule has 0 aliphatic carbocycles. The molecule has 2 nitrogen and oxygen atoms in total. The molecule has 0 unspecified atom stereocenters. The Labute approximate surface area is 78.3 Å². The summed E-state index contributed by atoms with van der Waals surface area (Å²) in [5.41, 5.74) is 0. The first-order valence-corrected chi connectivity index (χ1v) is 11.2. The molecule has 0 heterocycles. The Hall–Kier alpha value is -0.0962. The summed E-state index contributed by atoms with van der Waals surface area (Å²) < 4.78 is 10.3. The zero-order valence-electron chi connectivity index (χ0n) is 9.36. The predicted octanol–water partition coefficient (Wildman–Crippen LogP) is 3.09. The molecular formula is C8H21NOSi2. The minimum atomic E-state index is -1.43. The Morgan fingerprint density at radius 1 is 1.00 bits per heavy atom. The average molecular weight is 203 g/mol. The van der Waals surface area contributed by atoms with Crippen LogP contribution >= 0.6 is 0 Å². The summed E-state index contributed by atoms with van der Waals surface area (Å²) in [4.78, 5) is 0. The standard InChI is InChI=1S/C8H21NOSi2/c1-8(9-11(2,3)4)10-12(5,6)7/h1-7H3/b9-8-. The molecule has 72 valence electrons. The third-order valence-electron chi connectivity index (χ3n) is 0.947. The second kappa shape index (κ2) is 3.74. The first-order chi connectivity index (χ1) is 5.10. The lowest BCUT2D eigenvalue weighted by Crippen LogP contribution is -2.30. The fourth-order valence-electron chi connectivity index (χ4n) is 0.938. The third-order valence-corrected chi connectivity index (χ3v) is 2.84. The Morgan fingerprint density at radius 2 is 1.42 bits per heavy atom. The molecule has 0 bridgehead atoms. The Kier molecular flexibility index (Phi) is 3.71. The lowest BCUT2D eigenvalue weighted by Gasteiger charge is -2.21. The van der Waals surface area contributed by atoms with Gasteiger partial charge < -0.3 is 4.43 Å². The van der Waals surface area contributed by atoms with Crippen molar-refractivity contribution in [3.05, 3.63) is 0 Å². The van der Waals surface area contributed by atoms with Crippen molar-refractivity contribution in [3.63, 3.8) is 0 Å². The largest absolute Gasteiger partial charge is 0.535 e. The van der Waals surface area contributed by atoms with E-state index in [1.54, 1.807) is 0 Å². The molecule has 0 atom stereocenters. The lowest BCUT2D eigenvalue weighted by atomic mass is 10.8. The van der Waals surface area contributed by atoms with Gasteiger partial charge in [-0.1, -0.05) is 0 Å². The topological polar surface area (TPSA) is 21.6 Å². The molecule has 0 amide bonds.